The van der Waals surface area contributed by atoms with Crippen LogP contribution in [0, 0.1) is 19.8 Å². The Labute approximate surface area is 153 Å². The Hall–Kier alpha value is -2.95. The molecule has 0 aliphatic carbocycles. The molecule has 1 heterocycles. The van der Waals surface area contributed by atoms with Crippen LogP contribution in [0.3, 0.4) is 0 Å². The molecule has 3 rings (SSSR count). The number of carbonyl (C=O) groups is 2. The summed E-state index contributed by atoms with van der Waals surface area (Å²) in [5.74, 6) is -1.58. The topological polar surface area (TPSA) is 70.6 Å². The third-order valence-electron chi connectivity index (χ3n) is 4.95. The van der Waals surface area contributed by atoms with E-state index in [0.29, 0.717) is 12.3 Å². The molecule has 0 spiro atoms. The molecule has 2 amide bonds. The zero-order valence-electron chi connectivity index (χ0n) is 15.2. The Morgan fingerprint density at radius 3 is 2.54 bits per heavy atom. The van der Waals surface area contributed by atoms with Crippen molar-refractivity contribution in [3.05, 3.63) is 70.8 Å². The van der Waals surface area contributed by atoms with Crippen molar-refractivity contribution in [3.63, 3.8) is 0 Å². The second-order valence-corrected chi connectivity index (χ2v) is 6.71. The Bertz CT molecular complexity index is 859. The van der Waals surface area contributed by atoms with Crippen molar-refractivity contribution in [2.24, 2.45) is 11.0 Å². The van der Waals surface area contributed by atoms with Crippen molar-refractivity contribution >= 4 is 17.5 Å². The lowest BCUT2D eigenvalue weighted by Gasteiger charge is -2.15. The monoisotopic (exact) mass is 349 g/mol. The lowest BCUT2D eigenvalue weighted by atomic mass is 9.88. The van der Waals surface area contributed by atoms with E-state index in [2.05, 4.69) is 22.8 Å². The van der Waals surface area contributed by atoms with Gasteiger partial charge in [-0.2, -0.15) is 5.10 Å². The lowest BCUT2D eigenvalue weighted by Crippen LogP contribution is -2.35. The number of carbonyl (C=O) groups excluding carboxylic acids is 2. The lowest BCUT2D eigenvalue weighted by molar-refractivity contribution is -0.133. The third-order valence-corrected chi connectivity index (χ3v) is 4.95. The first-order valence-electron chi connectivity index (χ1n) is 8.72. The van der Waals surface area contributed by atoms with Crippen LogP contribution < -0.4 is 10.7 Å². The van der Waals surface area contributed by atoms with Crippen LogP contribution in [0.25, 0.3) is 0 Å². The summed E-state index contributed by atoms with van der Waals surface area (Å²) in [6, 6.07) is 15.7. The predicted octanol–water partition coefficient (Wildman–Crippen LogP) is 2.67. The highest BCUT2D eigenvalue weighted by atomic mass is 16.2. The summed E-state index contributed by atoms with van der Waals surface area (Å²) in [5, 5.41) is 6.99. The summed E-state index contributed by atoms with van der Waals surface area (Å²) in [4.78, 5) is 24.8. The fourth-order valence-electron chi connectivity index (χ4n) is 3.17. The largest absolute Gasteiger partial charge is 0.355 e. The average Bonchev–Trinajstić information content (AvgIpc) is 3.04. The number of nitrogens with zero attached hydrogens (tertiary/aromatic N) is 1. The molecule has 2 aromatic rings. The van der Waals surface area contributed by atoms with Gasteiger partial charge in [-0.25, -0.2) is 5.43 Å². The Morgan fingerprint density at radius 2 is 1.85 bits per heavy atom. The molecule has 1 fully saturated rings. The molecule has 0 aromatic heterocycles. The van der Waals surface area contributed by atoms with Crippen molar-refractivity contribution in [1.29, 1.82) is 0 Å². The van der Waals surface area contributed by atoms with Gasteiger partial charge in [0, 0.05) is 12.5 Å². The standard InChI is InChI=1S/C21H23N3O2/c1-13-9-10-17(11-14(13)2)15(3)23-24-21(26)19-18(12-22-20(19)25)16-7-5-4-6-8-16/h4-11,18-19H,12H2,1-3H3,(H,22,25)(H,24,26)/b23-15-. The van der Waals surface area contributed by atoms with Crippen LogP contribution in [0.15, 0.2) is 53.6 Å². The van der Waals surface area contributed by atoms with Crippen LogP contribution in [0.4, 0.5) is 0 Å². The number of nitrogens with one attached hydrogen (secondary N) is 2. The predicted molar refractivity (Wildman–Crippen MR) is 102 cm³/mol. The molecular formula is C21H23N3O2. The first-order valence-corrected chi connectivity index (χ1v) is 8.72. The van der Waals surface area contributed by atoms with Crippen molar-refractivity contribution in [1.82, 2.24) is 10.7 Å². The molecule has 1 saturated heterocycles. The maximum absolute atomic E-state index is 12.6. The van der Waals surface area contributed by atoms with Gasteiger partial charge in [0.15, 0.2) is 0 Å². The first-order chi connectivity index (χ1) is 12.5. The smallest absolute Gasteiger partial charge is 0.253 e. The molecule has 5 heteroatoms. The summed E-state index contributed by atoms with van der Waals surface area (Å²) >= 11 is 0. The van der Waals surface area contributed by atoms with E-state index in [4.69, 9.17) is 0 Å². The van der Waals surface area contributed by atoms with Crippen LogP contribution in [0.1, 0.15) is 35.1 Å². The average molecular weight is 349 g/mol. The van der Waals surface area contributed by atoms with E-state index in [-0.39, 0.29) is 17.7 Å². The minimum absolute atomic E-state index is 0.180. The second kappa shape index (κ2) is 7.52. The number of hydrazone groups is 1. The number of hydrogen-bond acceptors (Lipinski definition) is 3. The van der Waals surface area contributed by atoms with E-state index in [1.807, 2.05) is 62.4 Å². The summed E-state index contributed by atoms with van der Waals surface area (Å²) in [5.41, 5.74) is 7.58. The molecule has 5 nitrogen and oxygen atoms in total. The Balaban J connectivity index is 1.75. The van der Waals surface area contributed by atoms with Gasteiger partial charge >= 0.3 is 0 Å². The van der Waals surface area contributed by atoms with Crippen molar-refractivity contribution in [2.45, 2.75) is 26.7 Å². The molecule has 0 saturated carbocycles. The quantitative estimate of drug-likeness (QED) is 0.506. The van der Waals surface area contributed by atoms with Crippen molar-refractivity contribution < 1.29 is 9.59 Å². The zero-order chi connectivity index (χ0) is 18.7. The Morgan fingerprint density at radius 1 is 1.12 bits per heavy atom. The summed E-state index contributed by atoms with van der Waals surface area (Å²) < 4.78 is 0. The molecule has 2 atom stereocenters. The third kappa shape index (κ3) is 3.67. The fourth-order valence-corrected chi connectivity index (χ4v) is 3.17. The second-order valence-electron chi connectivity index (χ2n) is 6.71. The summed E-state index contributed by atoms with van der Waals surface area (Å²) in [6.07, 6.45) is 0. The van der Waals surface area contributed by atoms with Crippen LogP contribution in [0.2, 0.25) is 0 Å². The van der Waals surface area contributed by atoms with Crippen LogP contribution in [-0.4, -0.2) is 24.1 Å². The van der Waals surface area contributed by atoms with Crippen molar-refractivity contribution in [2.75, 3.05) is 6.54 Å². The highest BCUT2D eigenvalue weighted by Crippen LogP contribution is 2.29. The van der Waals surface area contributed by atoms with Gasteiger partial charge in [0.05, 0.1) is 5.71 Å². The maximum Gasteiger partial charge on any atom is 0.253 e. The van der Waals surface area contributed by atoms with Crippen LogP contribution in [0.5, 0.6) is 0 Å². The SMILES string of the molecule is C/C(=N/NC(=O)C1C(=O)NCC1c1ccccc1)c1ccc(C)c(C)c1. The molecular weight excluding hydrogens is 326 g/mol. The van der Waals surface area contributed by atoms with Gasteiger partial charge in [-0.3, -0.25) is 9.59 Å². The molecule has 2 aromatic carbocycles. The number of aryl methyl sites for hydroxylation is 2. The van der Waals surface area contributed by atoms with Gasteiger partial charge in [0.1, 0.15) is 5.92 Å². The van der Waals surface area contributed by atoms with Gasteiger partial charge in [0.25, 0.3) is 5.91 Å². The molecule has 2 N–H and O–H groups in total. The fraction of sp³-hybridized carbons (Fsp3) is 0.286. The minimum atomic E-state index is -0.770. The van der Waals surface area contributed by atoms with Gasteiger partial charge < -0.3 is 5.32 Å². The molecule has 0 bridgehead atoms. The van der Waals surface area contributed by atoms with E-state index in [9.17, 15) is 9.59 Å². The number of amides is 2. The number of rotatable bonds is 4. The number of benzene rings is 2. The molecule has 134 valence electrons. The van der Waals surface area contributed by atoms with E-state index < -0.39 is 5.92 Å². The summed E-state index contributed by atoms with van der Waals surface area (Å²) in [6.45, 7) is 6.39. The highest BCUT2D eigenvalue weighted by molar-refractivity contribution is 6.04. The van der Waals surface area contributed by atoms with Crippen LogP contribution in [-0.2, 0) is 9.59 Å². The van der Waals surface area contributed by atoms with Crippen LogP contribution >= 0.6 is 0 Å². The molecule has 26 heavy (non-hydrogen) atoms. The van der Waals surface area contributed by atoms with Gasteiger partial charge in [-0.05, 0) is 49.1 Å². The maximum atomic E-state index is 12.6. The highest BCUT2D eigenvalue weighted by Gasteiger charge is 2.40. The Kier molecular flexibility index (Phi) is 5.16. The molecule has 1 aliphatic rings. The van der Waals surface area contributed by atoms with Gasteiger partial charge in [-0.15, -0.1) is 0 Å². The summed E-state index contributed by atoms with van der Waals surface area (Å²) in [7, 11) is 0. The zero-order valence-corrected chi connectivity index (χ0v) is 15.2. The van der Waals surface area contributed by atoms with Crippen molar-refractivity contribution in [3.8, 4) is 0 Å². The van der Waals surface area contributed by atoms with E-state index in [0.717, 1.165) is 11.1 Å². The van der Waals surface area contributed by atoms with E-state index >= 15 is 0 Å². The first kappa shape index (κ1) is 17.9. The molecule has 2 unspecified atom stereocenters. The normalized spacial score (nSPS) is 20.0. The van der Waals surface area contributed by atoms with E-state index in [1.165, 1.54) is 11.1 Å². The molecule has 1 aliphatic heterocycles. The minimum Gasteiger partial charge on any atom is -0.355 e. The van der Waals surface area contributed by atoms with Gasteiger partial charge in [-0.1, -0.05) is 42.5 Å². The van der Waals surface area contributed by atoms with E-state index in [1.54, 1.807) is 0 Å². The molecule has 0 radical (unpaired) electrons. The number of hydrogen-bond donors (Lipinski definition) is 2. The van der Waals surface area contributed by atoms with Gasteiger partial charge in [0.2, 0.25) is 5.91 Å².